The van der Waals surface area contributed by atoms with Crippen molar-refractivity contribution in [1.82, 2.24) is 15.4 Å². The number of benzene rings is 1. The number of aliphatic imine (C=N–C) groups is 1. The predicted molar refractivity (Wildman–Crippen MR) is 106 cm³/mol. The van der Waals surface area contributed by atoms with E-state index in [0.29, 0.717) is 6.54 Å². The molecule has 140 valence electrons. The van der Waals surface area contributed by atoms with E-state index in [-0.39, 0.29) is 9.64 Å². The quantitative estimate of drug-likeness (QED) is 0.494. The van der Waals surface area contributed by atoms with Gasteiger partial charge in [-0.15, -0.1) is 0 Å². The number of sulfonamides is 1. The summed E-state index contributed by atoms with van der Waals surface area (Å²) in [6.07, 6.45) is 2.50. The fourth-order valence-electron chi connectivity index (χ4n) is 2.65. The van der Waals surface area contributed by atoms with E-state index in [4.69, 9.17) is 0 Å². The van der Waals surface area contributed by atoms with Crippen LogP contribution < -0.4 is 15.4 Å². The minimum Gasteiger partial charge on any atom is -0.357 e. The normalized spacial score (nSPS) is 21.3. The molecule has 6 nitrogen and oxygen atoms in total. The van der Waals surface area contributed by atoms with Crippen molar-refractivity contribution in [1.29, 1.82) is 0 Å². The molecule has 1 aromatic rings. The molecule has 2 rings (SSSR count). The molecule has 25 heavy (non-hydrogen) atoms. The molecule has 0 spiro atoms. The van der Waals surface area contributed by atoms with Crippen LogP contribution in [0.5, 0.6) is 0 Å². The summed E-state index contributed by atoms with van der Waals surface area (Å²) in [5.41, 5.74) is 0.966. The van der Waals surface area contributed by atoms with Crippen molar-refractivity contribution in [3.8, 4) is 0 Å². The molecule has 3 N–H and O–H groups in total. The molecular weight excluding hydrogens is 356 g/mol. The van der Waals surface area contributed by atoms with Crippen LogP contribution in [0.4, 0.5) is 0 Å². The first-order chi connectivity index (χ1) is 11.9. The van der Waals surface area contributed by atoms with Gasteiger partial charge in [-0.3, -0.25) is 0 Å². The summed E-state index contributed by atoms with van der Waals surface area (Å²) in [6.45, 7) is 6.53. The average Bonchev–Trinajstić information content (AvgIpc) is 3.05. The lowest BCUT2D eigenvalue weighted by Gasteiger charge is -2.24. The summed E-state index contributed by atoms with van der Waals surface area (Å²) in [7, 11) is -1.98. The Labute approximate surface area is 155 Å². The van der Waals surface area contributed by atoms with E-state index < -0.39 is 10.0 Å². The smallest absolute Gasteiger partial charge is 0.240 e. The van der Waals surface area contributed by atoms with Gasteiger partial charge in [0.2, 0.25) is 10.0 Å². The van der Waals surface area contributed by atoms with Crippen molar-refractivity contribution in [3.63, 3.8) is 0 Å². The minimum absolute atomic E-state index is 0.263. The van der Waals surface area contributed by atoms with Gasteiger partial charge in [0.05, 0.1) is 11.4 Å². The van der Waals surface area contributed by atoms with Crippen LogP contribution in [0.1, 0.15) is 32.3 Å². The monoisotopic (exact) mass is 384 g/mol. The van der Waals surface area contributed by atoms with Gasteiger partial charge in [0.25, 0.3) is 0 Å². The van der Waals surface area contributed by atoms with Crippen molar-refractivity contribution >= 4 is 27.7 Å². The van der Waals surface area contributed by atoms with Gasteiger partial charge in [0, 0.05) is 17.8 Å². The number of guanidine groups is 1. The van der Waals surface area contributed by atoms with Crippen LogP contribution in [0.2, 0.25) is 0 Å². The van der Waals surface area contributed by atoms with Crippen LogP contribution in [0, 0.1) is 0 Å². The largest absolute Gasteiger partial charge is 0.357 e. The Morgan fingerprint density at radius 2 is 2.00 bits per heavy atom. The molecule has 8 heteroatoms. The van der Waals surface area contributed by atoms with Gasteiger partial charge in [-0.25, -0.2) is 18.1 Å². The Morgan fingerprint density at radius 1 is 1.28 bits per heavy atom. The standard InChI is InChI=1S/C17H28N4O2S2/c1-4-19-16(21-13-17(2)10-5-11-24-17)20-12-14-6-8-15(9-7-14)25(22,23)18-3/h6-9,18H,4-5,10-13H2,1-3H3,(H2,19,20,21). The summed E-state index contributed by atoms with van der Waals surface area (Å²) >= 11 is 2.02. The van der Waals surface area contributed by atoms with Crippen molar-refractivity contribution in [3.05, 3.63) is 29.8 Å². The number of nitrogens with one attached hydrogen (secondary N) is 3. The summed E-state index contributed by atoms with van der Waals surface area (Å²) in [4.78, 5) is 4.87. The molecule has 1 aliphatic rings. The first-order valence-electron chi connectivity index (χ1n) is 8.57. The van der Waals surface area contributed by atoms with Gasteiger partial charge in [-0.05, 0) is 57.2 Å². The molecule has 1 aliphatic heterocycles. The van der Waals surface area contributed by atoms with Crippen LogP contribution in [0.3, 0.4) is 0 Å². The molecule has 0 aliphatic carbocycles. The fraction of sp³-hybridized carbons (Fsp3) is 0.588. The molecule has 1 atom stereocenters. The van der Waals surface area contributed by atoms with Crippen molar-refractivity contribution in [2.24, 2.45) is 4.99 Å². The maximum absolute atomic E-state index is 11.7. The highest BCUT2D eigenvalue weighted by atomic mass is 32.2. The molecule has 1 heterocycles. The lowest BCUT2D eigenvalue weighted by molar-refractivity contribution is 0.584. The van der Waals surface area contributed by atoms with Crippen LogP contribution in [-0.4, -0.2) is 45.0 Å². The maximum Gasteiger partial charge on any atom is 0.240 e. The SMILES string of the molecule is CCNC(=NCc1ccc(S(=O)(=O)NC)cc1)NCC1(C)CCCS1. The molecule has 1 aromatic carbocycles. The summed E-state index contributed by atoms with van der Waals surface area (Å²) in [5, 5.41) is 6.69. The molecule has 0 amide bonds. The summed E-state index contributed by atoms with van der Waals surface area (Å²) < 4.78 is 26.1. The minimum atomic E-state index is -3.39. The van der Waals surface area contributed by atoms with Gasteiger partial charge < -0.3 is 10.6 Å². The second kappa shape index (κ2) is 8.91. The van der Waals surface area contributed by atoms with Crippen LogP contribution in [0.15, 0.2) is 34.2 Å². The topological polar surface area (TPSA) is 82.6 Å². The summed E-state index contributed by atoms with van der Waals surface area (Å²) in [6, 6.07) is 6.80. The Balaban J connectivity index is 1.98. The van der Waals surface area contributed by atoms with Gasteiger partial charge >= 0.3 is 0 Å². The van der Waals surface area contributed by atoms with Gasteiger partial charge in [0.1, 0.15) is 0 Å². The molecule has 0 aromatic heterocycles. The molecule has 0 radical (unpaired) electrons. The average molecular weight is 385 g/mol. The zero-order valence-electron chi connectivity index (χ0n) is 15.1. The van der Waals surface area contributed by atoms with Gasteiger partial charge in [-0.1, -0.05) is 12.1 Å². The van der Waals surface area contributed by atoms with Gasteiger partial charge in [0.15, 0.2) is 5.96 Å². The highest BCUT2D eigenvalue weighted by Gasteiger charge is 2.29. The van der Waals surface area contributed by atoms with E-state index in [0.717, 1.165) is 24.6 Å². The number of hydrogen-bond donors (Lipinski definition) is 3. The highest BCUT2D eigenvalue weighted by Crippen LogP contribution is 2.36. The number of hydrogen-bond acceptors (Lipinski definition) is 4. The van der Waals surface area contributed by atoms with Crippen molar-refractivity contribution < 1.29 is 8.42 Å². The Morgan fingerprint density at radius 3 is 2.56 bits per heavy atom. The second-order valence-electron chi connectivity index (χ2n) is 6.30. The molecule has 1 unspecified atom stereocenters. The third kappa shape index (κ3) is 5.90. The zero-order valence-corrected chi connectivity index (χ0v) is 16.8. The van der Waals surface area contributed by atoms with E-state index >= 15 is 0 Å². The Hall–Kier alpha value is -1.25. The van der Waals surface area contributed by atoms with Crippen LogP contribution in [0.25, 0.3) is 0 Å². The lowest BCUT2D eigenvalue weighted by Crippen LogP contribution is -2.43. The van der Waals surface area contributed by atoms with E-state index in [1.54, 1.807) is 24.3 Å². The number of thioether (sulfide) groups is 1. The first kappa shape index (κ1) is 20.1. The predicted octanol–water partition coefficient (Wildman–Crippen LogP) is 1.94. The first-order valence-corrected chi connectivity index (χ1v) is 11.0. The summed E-state index contributed by atoms with van der Waals surface area (Å²) in [5.74, 6) is 2.02. The lowest BCUT2D eigenvalue weighted by atomic mass is 10.1. The van der Waals surface area contributed by atoms with E-state index in [2.05, 4.69) is 27.3 Å². The third-order valence-corrected chi connectivity index (χ3v) is 7.17. The maximum atomic E-state index is 11.7. The molecule has 1 fully saturated rings. The van der Waals surface area contributed by atoms with E-state index in [1.807, 2.05) is 18.7 Å². The van der Waals surface area contributed by atoms with Gasteiger partial charge in [-0.2, -0.15) is 11.8 Å². The molecule has 0 bridgehead atoms. The van der Waals surface area contributed by atoms with Crippen molar-refractivity contribution in [2.75, 3.05) is 25.9 Å². The molecule has 0 saturated carbocycles. The zero-order chi connectivity index (χ0) is 18.3. The van der Waals surface area contributed by atoms with E-state index in [9.17, 15) is 8.42 Å². The molecular formula is C17H28N4O2S2. The van der Waals surface area contributed by atoms with Crippen molar-refractivity contribution in [2.45, 2.75) is 42.9 Å². The fourth-order valence-corrected chi connectivity index (χ4v) is 4.63. The highest BCUT2D eigenvalue weighted by molar-refractivity contribution is 8.00. The van der Waals surface area contributed by atoms with Crippen LogP contribution in [-0.2, 0) is 16.6 Å². The third-order valence-electron chi connectivity index (χ3n) is 4.20. The van der Waals surface area contributed by atoms with E-state index in [1.165, 1.54) is 25.6 Å². The van der Waals surface area contributed by atoms with Crippen LogP contribution >= 0.6 is 11.8 Å². The Kier molecular flexibility index (Phi) is 7.15. The number of nitrogens with zero attached hydrogens (tertiary/aromatic N) is 1. The second-order valence-corrected chi connectivity index (χ2v) is 9.87. The molecule has 1 saturated heterocycles. The Bertz CT molecular complexity index is 681. The number of rotatable bonds is 7.